The average molecular weight is 443 g/mol. The van der Waals surface area contributed by atoms with Crippen molar-refractivity contribution in [2.75, 3.05) is 24.8 Å². The van der Waals surface area contributed by atoms with Gasteiger partial charge >= 0.3 is 0 Å². The van der Waals surface area contributed by atoms with Gasteiger partial charge in [-0.15, -0.1) is 5.10 Å². The van der Waals surface area contributed by atoms with Crippen LogP contribution in [0.3, 0.4) is 0 Å². The lowest BCUT2D eigenvalue weighted by Gasteiger charge is -2.38. The molecule has 4 rings (SSSR count). The maximum absolute atomic E-state index is 13.3. The maximum atomic E-state index is 13.3. The number of nitrogens with zero attached hydrogens (tertiary/aromatic N) is 3. The fourth-order valence-electron chi connectivity index (χ4n) is 4.28. The molecule has 2 aromatic rings. The molecule has 0 fully saturated rings. The Balaban J connectivity index is 1.85. The Labute approximate surface area is 187 Å². The van der Waals surface area contributed by atoms with Gasteiger partial charge in [-0.2, -0.15) is 4.98 Å². The summed E-state index contributed by atoms with van der Waals surface area (Å²) in [6, 6.07) is 5.49. The third-order valence-electron chi connectivity index (χ3n) is 5.55. The van der Waals surface area contributed by atoms with Crippen molar-refractivity contribution in [3.8, 4) is 11.5 Å². The number of Topliss-reactive ketones (excluding diaryl/α,β-unsaturated/α-hetero) is 1. The lowest BCUT2D eigenvalue weighted by Crippen LogP contribution is -2.36. The molecule has 31 heavy (non-hydrogen) atoms. The van der Waals surface area contributed by atoms with Gasteiger partial charge in [-0.25, -0.2) is 4.68 Å². The molecule has 0 amide bonds. The third-order valence-corrected chi connectivity index (χ3v) is 6.59. The number of aromatic nitrogens is 3. The van der Waals surface area contributed by atoms with E-state index in [1.165, 1.54) is 0 Å². The van der Waals surface area contributed by atoms with Crippen LogP contribution in [-0.4, -0.2) is 40.0 Å². The molecule has 0 saturated carbocycles. The van der Waals surface area contributed by atoms with Gasteiger partial charge in [0.2, 0.25) is 11.1 Å². The van der Waals surface area contributed by atoms with Crippen LogP contribution in [0.1, 0.15) is 58.6 Å². The van der Waals surface area contributed by atoms with E-state index >= 15 is 0 Å². The molecule has 0 spiro atoms. The number of fused-ring (bicyclic) bond motifs is 1. The van der Waals surface area contributed by atoms with Crippen LogP contribution in [0.15, 0.2) is 34.6 Å². The summed E-state index contributed by atoms with van der Waals surface area (Å²) < 4.78 is 13.1. The zero-order valence-electron chi connectivity index (χ0n) is 18.8. The number of hydrogen-bond donors (Lipinski definition) is 1. The van der Waals surface area contributed by atoms with Crippen molar-refractivity contribution in [1.82, 2.24) is 14.8 Å². The zero-order valence-corrected chi connectivity index (χ0v) is 19.6. The quantitative estimate of drug-likeness (QED) is 0.614. The SMILES string of the molecule is CCCSc1nc2n(n1)C(c1ccc(OC)c(OCC)c1)C1=C(CC(C)(C)CC1=O)N2. The Hall–Kier alpha value is -2.48. The first kappa shape index (κ1) is 21.7. The minimum atomic E-state index is -0.344. The number of hydrogen-bond acceptors (Lipinski definition) is 7. The van der Waals surface area contributed by atoms with Gasteiger partial charge in [0.05, 0.1) is 13.7 Å². The number of ketones is 1. The summed E-state index contributed by atoms with van der Waals surface area (Å²) in [6.07, 6.45) is 2.35. The number of methoxy groups -OCH3 is 1. The van der Waals surface area contributed by atoms with Gasteiger partial charge < -0.3 is 14.8 Å². The Morgan fingerprint density at radius 1 is 1.26 bits per heavy atom. The molecule has 2 aliphatic rings. The van der Waals surface area contributed by atoms with Crippen LogP contribution in [0, 0.1) is 5.41 Å². The highest BCUT2D eigenvalue weighted by Gasteiger charge is 2.42. The smallest absolute Gasteiger partial charge is 0.227 e. The minimum Gasteiger partial charge on any atom is -0.493 e. The van der Waals surface area contributed by atoms with Gasteiger partial charge in [-0.3, -0.25) is 4.79 Å². The summed E-state index contributed by atoms with van der Waals surface area (Å²) in [5, 5.41) is 8.92. The van der Waals surface area contributed by atoms with Gasteiger partial charge in [0, 0.05) is 23.4 Å². The summed E-state index contributed by atoms with van der Waals surface area (Å²) in [6.45, 7) is 8.87. The molecular weight excluding hydrogens is 412 g/mol. The van der Waals surface area contributed by atoms with Crippen LogP contribution in [-0.2, 0) is 4.79 Å². The monoisotopic (exact) mass is 442 g/mol. The lowest BCUT2D eigenvalue weighted by atomic mass is 9.73. The van der Waals surface area contributed by atoms with E-state index in [-0.39, 0.29) is 17.2 Å². The molecule has 1 aliphatic carbocycles. The highest BCUT2D eigenvalue weighted by molar-refractivity contribution is 7.99. The second kappa shape index (κ2) is 8.57. The van der Waals surface area contributed by atoms with E-state index in [0.29, 0.717) is 30.5 Å². The number of anilines is 1. The Bertz CT molecular complexity index is 1030. The molecule has 1 atom stereocenters. The van der Waals surface area contributed by atoms with Crippen LogP contribution in [0.25, 0.3) is 0 Å². The predicted molar refractivity (Wildman–Crippen MR) is 122 cm³/mol. The van der Waals surface area contributed by atoms with Crippen LogP contribution in [0.4, 0.5) is 5.95 Å². The molecule has 2 heterocycles. The summed E-state index contributed by atoms with van der Waals surface area (Å²) in [5.41, 5.74) is 2.57. The highest BCUT2D eigenvalue weighted by Crippen LogP contribution is 2.46. The van der Waals surface area contributed by atoms with E-state index < -0.39 is 0 Å². The average Bonchev–Trinajstić information content (AvgIpc) is 3.12. The summed E-state index contributed by atoms with van der Waals surface area (Å²) in [7, 11) is 1.63. The summed E-state index contributed by atoms with van der Waals surface area (Å²) in [5.74, 6) is 3.12. The van der Waals surface area contributed by atoms with E-state index in [0.717, 1.165) is 40.6 Å². The first-order valence-electron chi connectivity index (χ1n) is 10.8. The van der Waals surface area contributed by atoms with E-state index in [9.17, 15) is 4.79 Å². The van der Waals surface area contributed by atoms with E-state index in [2.05, 4.69) is 26.1 Å². The zero-order chi connectivity index (χ0) is 22.2. The molecule has 0 bridgehead atoms. The van der Waals surface area contributed by atoms with Crippen LogP contribution < -0.4 is 14.8 Å². The van der Waals surface area contributed by atoms with Crippen molar-refractivity contribution >= 4 is 23.5 Å². The van der Waals surface area contributed by atoms with Crippen molar-refractivity contribution in [3.63, 3.8) is 0 Å². The molecule has 0 radical (unpaired) electrons. The van der Waals surface area contributed by atoms with E-state index in [4.69, 9.17) is 19.6 Å². The second-order valence-electron chi connectivity index (χ2n) is 8.72. The topological polar surface area (TPSA) is 78.3 Å². The second-order valence-corrected chi connectivity index (χ2v) is 9.78. The van der Waals surface area contributed by atoms with Crippen molar-refractivity contribution < 1.29 is 14.3 Å². The van der Waals surface area contributed by atoms with Gasteiger partial charge in [-0.1, -0.05) is 38.6 Å². The largest absolute Gasteiger partial charge is 0.493 e. The van der Waals surface area contributed by atoms with Gasteiger partial charge in [0.15, 0.2) is 17.3 Å². The fraction of sp³-hybridized carbons (Fsp3) is 0.522. The van der Waals surface area contributed by atoms with E-state index in [1.54, 1.807) is 18.9 Å². The fourth-order valence-corrected chi connectivity index (χ4v) is 4.97. The number of nitrogens with one attached hydrogen (secondary N) is 1. The molecule has 166 valence electrons. The third kappa shape index (κ3) is 4.18. The number of rotatable bonds is 7. The number of thioether (sulfide) groups is 1. The molecule has 1 aliphatic heterocycles. The van der Waals surface area contributed by atoms with Gasteiger partial charge in [0.1, 0.15) is 6.04 Å². The van der Waals surface area contributed by atoms with Crippen molar-refractivity contribution in [2.24, 2.45) is 5.41 Å². The number of ether oxygens (including phenoxy) is 2. The van der Waals surface area contributed by atoms with Gasteiger partial charge in [-0.05, 0) is 42.9 Å². The minimum absolute atomic E-state index is 0.0914. The molecule has 1 unspecified atom stereocenters. The van der Waals surface area contributed by atoms with Crippen LogP contribution >= 0.6 is 11.8 Å². The summed E-state index contributed by atoms with van der Waals surface area (Å²) >= 11 is 1.63. The normalized spacial score (nSPS) is 19.5. The molecular formula is C23H30N4O3S. The number of carbonyl (C=O) groups is 1. The number of benzene rings is 1. The first-order chi connectivity index (χ1) is 14.9. The Morgan fingerprint density at radius 3 is 2.77 bits per heavy atom. The van der Waals surface area contributed by atoms with Gasteiger partial charge in [0.25, 0.3) is 0 Å². The van der Waals surface area contributed by atoms with Crippen molar-refractivity contribution in [2.45, 2.75) is 58.2 Å². The first-order valence-corrected chi connectivity index (χ1v) is 11.8. The summed E-state index contributed by atoms with van der Waals surface area (Å²) in [4.78, 5) is 18.1. The molecule has 0 saturated heterocycles. The molecule has 8 heteroatoms. The molecule has 1 aromatic heterocycles. The van der Waals surface area contributed by atoms with Crippen molar-refractivity contribution in [1.29, 1.82) is 0 Å². The number of allylic oxidation sites excluding steroid dienone is 2. The predicted octanol–water partition coefficient (Wildman–Crippen LogP) is 4.85. The Morgan fingerprint density at radius 2 is 2.06 bits per heavy atom. The maximum Gasteiger partial charge on any atom is 0.227 e. The molecule has 1 N–H and O–H groups in total. The van der Waals surface area contributed by atoms with Crippen LogP contribution in [0.5, 0.6) is 11.5 Å². The standard InChI is InChI=1S/C23H30N4O3S/c1-6-10-31-22-25-21-24-15-12-23(3,4)13-16(28)19(15)20(27(21)26-22)14-8-9-17(29-5)18(11-14)30-7-2/h8-9,11,20H,6-7,10,12-13H2,1-5H3,(H,24,25,26). The van der Waals surface area contributed by atoms with Crippen molar-refractivity contribution in [3.05, 3.63) is 35.0 Å². The van der Waals surface area contributed by atoms with Crippen LogP contribution in [0.2, 0.25) is 0 Å². The highest BCUT2D eigenvalue weighted by atomic mass is 32.2. The lowest BCUT2D eigenvalue weighted by molar-refractivity contribution is -0.118. The Kier molecular flexibility index (Phi) is 6.01. The number of carbonyl (C=O) groups excluding carboxylic acids is 1. The molecule has 7 nitrogen and oxygen atoms in total. The van der Waals surface area contributed by atoms with E-state index in [1.807, 2.05) is 29.8 Å². The molecule has 1 aromatic carbocycles.